The van der Waals surface area contributed by atoms with Crippen molar-refractivity contribution in [3.8, 4) is 5.75 Å². The summed E-state index contributed by atoms with van der Waals surface area (Å²) in [6, 6.07) is 19.8. The zero-order chi connectivity index (χ0) is 19.2. The zero-order valence-corrected chi connectivity index (χ0v) is 18.7. The highest BCUT2D eigenvalue weighted by molar-refractivity contribution is 9.11. The maximum absolute atomic E-state index is 6.24. The molecule has 3 rings (SSSR count). The van der Waals surface area contributed by atoms with Crippen LogP contribution >= 0.6 is 43.5 Å². The van der Waals surface area contributed by atoms with Gasteiger partial charge in [0.25, 0.3) is 0 Å². The van der Waals surface area contributed by atoms with Crippen molar-refractivity contribution in [2.24, 2.45) is 4.99 Å². The van der Waals surface area contributed by atoms with E-state index in [1.165, 1.54) is 5.56 Å². The summed E-state index contributed by atoms with van der Waals surface area (Å²) >= 11 is 13.4. The molecule has 138 valence electrons. The number of ether oxygens (including phenoxy) is 1. The number of nitrogens with zero attached hydrogens (tertiary/aromatic N) is 1. The van der Waals surface area contributed by atoms with Crippen molar-refractivity contribution in [1.82, 2.24) is 0 Å². The predicted molar refractivity (Wildman–Crippen MR) is 121 cm³/mol. The standard InChI is InChI=1S/C22H18Br2ClNO/c1-2-15-7-9-19(10-8-15)26-13-17-11-18(23)12-20(24)22(17)27-14-16-5-3-4-6-21(16)25/h3-13H,2,14H2,1H3. The maximum atomic E-state index is 6.24. The molecule has 0 aromatic heterocycles. The molecule has 0 aliphatic carbocycles. The van der Waals surface area contributed by atoms with Gasteiger partial charge in [-0.2, -0.15) is 0 Å². The van der Waals surface area contributed by atoms with E-state index in [2.05, 4.69) is 55.9 Å². The summed E-state index contributed by atoms with van der Waals surface area (Å²) in [5.74, 6) is 0.729. The average molecular weight is 508 g/mol. The average Bonchev–Trinajstić information content (AvgIpc) is 2.67. The van der Waals surface area contributed by atoms with E-state index < -0.39 is 0 Å². The van der Waals surface area contributed by atoms with E-state index in [4.69, 9.17) is 16.3 Å². The highest BCUT2D eigenvalue weighted by Gasteiger charge is 2.10. The third kappa shape index (κ3) is 5.44. The fourth-order valence-electron chi connectivity index (χ4n) is 2.56. The highest BCUT2D eigenvalue weighted by atomic mass is 79.9. The van der Waals surface area contributed by atoms with Gasteiger partial charge < -0.3 is 4.74 Å². The second kappa shape index (κ2) is 9.54. The Kier molecular flexibility index (Phi) is 7.11. The first-order valence-electron chi connectivity index (χ1n) is 8.55. The van der Waals surface area contributed by atoms with Crippen LogP contribution in [0.3, 0.4) is 0 Å². The molecule has 0 atom stereocenters. The summed E-state index contributed by atoms with van der Waals surface area (Å²) in [6.45, 7) is 2.52. The molecule has 0 spiro atoms. The van der Waals surface area contributed by atoms with E-state index in [0.717, 1.165) is 37.9 Å². The predicted octanol–water partition coefficient (Wildman–Crippen LogP) is 7.76. The molecule has 0 unspecified atom stereocenters. The van der Waals surface area contributed by atoms with Gasteiger partial charge in [-0.15, -0.1) is 0 Å². The van der Waals surface area contributed by atoms with Crippen molar-refractivity contribution in [3.63, 3.8) is 0 Å². The Hall–Kier alpha value is -1.62. The van der Waals surface area contributed by atoms with Gasteiger partial charge in [-0.1, -0.05) is 64.8 Å². The van der Waals surface area contributed by atoms with E-state index in [9.17, 15) is 0 Å². The van der Waals surface area contributed by atoms with Gasteiger partial charge >= 0.3 is 0 Å². The molecule has 0 fully saturated rings. The number of hydrogen-bond acceptors (Lipinski definition) is 2. The lowest BCUT2D eigenvalue weighted by Crippen LogP contribution is -2.00. The van der Waals surface area contributed by atoms with Gasteiger partial charge in [0.2, 0.25) is 0 Å². The van der Waals surface area contributed by atoms with Crippen LogP contribution < -0.4 is 4.74 Å². The highest BCUT2D eigenvalue weighted by Crippen LogP contribution is 2.33. The number of halogens is 3. The van der Waals surface area contributed by atoms with Crippen LogP contribution in [0.25, 0.3) is 0 Å². The molecule has 0 heterocycles. The monoisotopic (exact) mass is 505 g/mol. The summed E-state index contributed by atoms with van der Waals surface area (Å²) in [7, 11) is 0. The van der Waals surface area contributed by atoms with Gasteiger partial charge in [0, 0.05) is 26.8 Å². The Bertz CT molecular complexity index is 955. The summed E-state index contributed by atoms with van der Waals surface area (Å²) < 4.78 is 7.87. The van der Waals surface area contributed by atoms with Gasteiger partial charge in [-0.3, -0.25) is 4.99 Å². The Balaban J connectivity index is 1.85. The van der Waals surface area contributed by atoms with E-state index in [1.54, 1.807) is 0 Å². The van der Waals surface area contributed by atoms with Crippen molar-refractivity contribution in [2.45, 2.75) is 20.0 Å². The molecule has 0 saturated heterocycles. The van der Waals surface area contributed by atoms with Gasteiger partial charge in [-0.05, 0) is 58.2 Å². The summed E-state index contributed by atoms with van der Waals surface area (Å²) in [4.78, 5) is 4.59. The first kappa shape index (κ1) is 20.1. The molecular formula is C22H18Br2ClNO. The third-order valence-corrected chi connectivity index (χ3v) is 5.48. The van der Waals surface area contributed by atoms with E-state index in [0.29, 0.717) is 11.6 Å². The minimum Gasteiger partial charge on any atom is -0.487 e. The van der Waals surface area contributed by atoms with Crippen LogP contribution in [-0.2, 0) is 13.0 Å². The van der Waals surface area contributed by atoms with Crippen LogP contribution in [0.15, 0.2) is 74.6 Å². The quantitative estimate of drug-likeness (QED) is 0.313. The Morgan fingerprint density at radius 3 is 2.48 bits per heavy atom. The lowest BCUT2D eigenvalue weighted by molar-refractivity contribution is 0.304. The lowest BCUT2D eigenvalue weighted by atomic mass is 10.1. The van der Waals surface area contributed by atoms with Crippen LogP contribution in [0.4, 0.5) is 5.69 Å². The van der Waals surface area contributed by atoms with E-state index >= 15 is 0 Å². The molecule has 0 saturated carbocycles. The fraction of sp³-hybridized carbons (Fsp3) is 0.136. The van der Waals surface area contributed by atoms with Crippen molar-refractivity contribution in [3.05, 3.63) is 91.3 Å². The molecular weight excluding hydrogens is 490 g/mol. The molecule has 5 heteroatoms. The SMILES string of the molecule is CCc1ccc(N=Cc2cc(Br)cc(Br)c2OCc2ccccc2Cl)cc1. The van der Waals surface area contributed by atoms with Crippen molar-refractivity contribution < 1.29 is 4.74 Å². The normalized spacial score (nSPS) is 11.1. The van der Waals surface area contributed by atoms with Crippen molar-refractivity contribution >= 4 is 55.4 Å². The van der Waals surface area contributed by atoms with Gasteiger partial charge in [0.1, 0.15) is 12.4 Å². The summed E-state index contributed by atoms with van der Waals surface area (Å²) in [5.41, 5.74) is 4.01. The van der Waals surface area contributed by atoms with Gasteiger partial charge in [-0.25, -0.2) is 0 Å². The minimum absolute atomic E-state index is 0.381. The molecule has 0 amide bonds. The Morgan fingerprint density at radius 1 is 1.04 bits per heavy atom. The molecule has 0 aliphatic rings. The second-order valence-corrected chi connectivity index (χ2v) is 8.14. The molecule has 3 aromatic carbocycles. The molecule has 0 bridgehead atoms. The van der Waals surface area contributed by atoms with Crippen LogP contribution in [-0.4, -0.2) is 6.21 Å². The second-order valence-electron chi connectivity index (χ2n) is 5.96. The van der Waals surface area contributed by atoms with Crippen LogP contribution in [0.5, 0.6) is 5.75 Å². The number of hydrogen-bond donors (Lipinski definition) is 0. The Morgan fingerprint density at radius 2 is 1.78 bits per heavy atom. The molecule has 0 aliphatic heterocycles. The third-order valence-electron chi connectivity index (χ3n) is 4.06. The minimum atomic E-state index is 0.381. The zero-order valence-electron chi connectivity index (χ0n) is 14.8. The van der Waals surface area contributed by atoms with Crippen molar-refractivity contribution in [2.75, 3.05) is 0 Å². The van der Waals surface area contributed by atoms with Gasteiger partial charge in [0.15, 0.2) is 0 Å². The van der Waals surface area contributed by atoms with Crippen LogP contribution in [0, 0.1) is 0 Å². The smallest absolute Gasteiger partial charge is 0.142 e. The molecule has 0 radical (unpaired) electrons. The number of aryl methyl sites for hydroxylation is 1. The number of rotatable bonds is 6. The number of aliphatic imine (C=N–C) groups is 1. The van der Waals surface area contributed by atoms with Crippen LogP contribution in [0.1, 0.15) is 23.6 Å². The first-order chi connectivity index (χ1) is 13.1. The maximum Gasteiger partial charge on any atom is 0.142 e. The van der Waals surface area contributed by atoms with E-state index in [1.807, 2.05) is 54.7 Å². The number of benzene rings is 3. The molecule has 2 nitrogen and oxygen atoms in total. The van der Waals surface area contributed by atoms with Crippen LogP contribution in [0.2, 0.25) is 5.02 Å². The van der Waals surface area contributed by atoms with Gasteiger partial charge in [0.05, 0.1) is 10.2 Å². The lowest BCUT2D eigenvalue weighted by Gasteiger charge is -2.13. The molecule has 0 N–H and O–H groups in total. The largest absolute Gasteiger partial charge is 0.487 e. The summed E-state index contributed by atoms with van der Waals surface area (Å²) in [6.07, 6.45) is 2.83. The first-order valence-corrected chi connectivity index (χ1v) is 10.5. The van der Waals surface area contributed by atoms with E-state index in [-0.39, 0.29) is 0 Å². The topological polar surface area (TPSA) is 21.6 Å². The summed E-state index contributed by atoms with van der Waals surface area (Å²) in [5, 5.41) is 0.692. The van der Waals surface area contributed by atoms with Crippen molar-refractivity contribution in [1.29, 1.82) is 0 Å². The fourth-order valence-corrected chi connectivity index (χ4v) is 4.12. The molecule has 3 aromatic rings. The molecule has 27 heavy (non-hydrogen) atoms. The Labute approximate surface area is 181 Å².